The third-order valence-electron chi connectivity index (χ3n) is 3.51. The standard InChI is InChI=1S/C20H18BrS/c21-16-15-17-9-7-8-14-20(17)22(18-10-3-1-4-11-18)19-12-5-2-6-13-19/h1-14H,15-16H2/q+1. The number of aryl methyl sites for hydroxylation is 1. The highest BCUT2D eigenvalue weighted by atomic mass is 79.9. The van der Waals surface area contributed by atoms with Gasteiger partial charge in [0.2, 0.25) is 0 Å². The number of benzene rings is 3. The molecule has 0 saturated carbocycles. The van der Waals surface area contributed by atoms with E-state index in [1.165, 1.54) is 20.2 Å². The van der Waals surface area contributed by atoms with Crippen LogP contribution < -0.4 is 0 Å². The Balaban J connectivity index is 2.15. The molecule has 110 valence electrons. The minimum absolute atomic E-state index is 0.0485. The maximum atomic E-state index is 3.58. The summed E-state index contributed by atoms with van der Waals surface area (Å²) in [5.41, 5.74) is 1.43. The summed E-state index contributed by atoms with van der Waals surface area (Å²) in [6.07, 6.45) is 1.05. The minimum Gasteiger partial charge on any atom is -0.0924 e. The van der Waals surface area contributed by atoms with Crippen molar-refractivity contribution in [2.45, 2.75) is 21.1 Å². The van der Waals surface area contributed by atoms with E-state index in [4.69, 9.17) is 0 Å². The van der Waals surface area contributed by atoms with E-state index in [0.29, 0.717) is 0 Å². The first-order chi connectivity index (χ1) is 10.9. The molecular formula is C20H18BrS+. The summed E-state index contributed by atoms with van der Waals surface area (Å²) in [6.45, 7) is 0. The Morgan fingerprint density at radius 1 is 0.636 bits per heavy atom. The van der Waals surface area contributed by atoms with Gasteiger partial charge in [-0.15, -0.1) is 0 Å². The van der Waals surface area contributed by atoms with Crippen LogP contribution in [0.15, 0.2) is 99.6 Å². The molecular weight excluding hydrogens is 352 g/mol. The van der Waals surface area contributed by atoms with Crippen LogP contribution in [0, 0.1) is 0 Å². The Kier molecular flexibility index (Phi) is 5.36. The van der Waals surface area contributed by atoms with E-state index < -0.39 is 0 Å². The first kappa shape index (κ1) is 15.4. The second-order valence-corrected chi connectivity index (χ2v) is 7.77. The summed E-state index contributed by atoms with van der Waals surface area (Å²) >= 11 is 3.58. The summed E-state index contributed by atoms with van der Waals surface area (Å²) in [7, 11) is -0.0485. The van der Waals surface area contributed by atoms with E-state index in [0.717, 1.165) is 11.8 Å². The lowest BCUT2D eigenvalue weighted by molar-refractivity contribution is 1.09. The first-order valence-electron chi connectivity index (χ1n) is 7.38. The minimum atomic E-state index is -0.0485. The molecule has 0 nitrogen and oxygen atoms in total. The summed E-state index contributed by atoms with van der Waals surface area (Å²) in [6, 6.07) is 30.5. The molecule has 0 saturated heterocycles. The van der Waals surface area contributed by atoms with E-state index in [9.17, 15) is 0 Å². The van der Waals surface area contributed by atoms with Crippen LogP contribution in [0.4, 0.5) is 0 Å². The van der Waals surface area contributed by atoms with Crippen molar-refractivity contribution < 1.29 is 0 Å². The number of hydrogen-bond donors (Lipinski definition) is 0. The fourth-order valence-electron chi connectivity index (χ4n) is 2.51. The smallest absolute Gasteiger partial charge is 0.0924 e. The summed E-state index contributed by atoms with van der Waals surface area (Å²) in [4.78, 5) is 4.17. The molecule has 0 radical (unpaired) electrons. The Morgan fingerprint density at radius 2 is 1.14 bits per heavy atom. The Bertz CT molecular complexity index is 671. The van der Waals surface area contributed by atoms with Crippen LogP contribution in [0.25, 0.3) is 0 Å². The largest absolute Gasteiger partial charge is 0.169 e. The van der Waals surface area contributed by atoms with E-state index >= 15 is 0 Å². The van der Waals surface area contributed by atoms with Crippen molar-refractivity contribution in [2.24, 2.45) is 0 Å². The molecule has 0 aliphatic carbocycles. The van der Waals surface area contributed by atoms with Crippen molar-refractivity contribution in [1.82, 2.24) is 0 Å². The van der Waals surface area contributed by atoms with Gasteiger partial charge in [0.1, 0.15) is 0 Å². The van der Waals surface area contributed by atoms with Gasteiger partial charge in [0, 0.05) is 10.9 Å². The van der Waals surface area contributed by atoms with Crippen molar-refractivity contribution in [1.29, 1.82) is 0 Å². The molecule has 0 aliphatic heterocycles. The molecule has 2 heteroatoms. The number of hydrogen-bond acceptors (Lipinski definition) is 0. The molecule has 3 aromatic rings. The topological polar surface area (TPSA) is 0 Å². The van der Waals surface area contributed by atoms with Gasteiger partial charge < -0.3 is 0 Å². The van der Waals surface area contributed by atoms with Gasteiger partial charge in [0.25, 0.3) is 0 Å². The first-order valence-corrected chi connectivity index (χ1v) is 9.73. The summed E-state index contributed by atoms with van der Waals surface area (Å²) < 4.78 is 0. The Morgan fingerprint density at radius 3 is 1.68 bits per heavy atom. The second kappa shape index (κ2) is 7.66. The predicted octanol–water partition coefficient (Wildman–Crippen LogP) is 5.72. The zero-order valence-electron chi connectivity index (χ0n) is 12.3. The third-order valence-corrected chi connectivity index (χ3v) is 6.24. The van der Waals surface area contributed by atoms with Crippen LogP contribution in [0.5, 0.6) is 0 Å². The van der Waals surface area contributed by atoms with Crippen LogP contribution in [0.2, 0.25) is 0 Å². The van der Waals surface area contributed by atoms with E-state index in [2.05, 4.69) is 101 Å². The monoisotopic (exact) mass is 369 g/mol. The highest BCUT2D eigenvalue weighted by molar-refractivity contribution is 9.09. The van der Waals surface area contributed by atoms with Crippen LogP contribution in [-0.2, 0) is 17.3 Å². The maximum absolute atomic E-state index is 3.58. The van der Waals surface area contributed by atoms with Gasteiger partial charge >= 0.3 is 0 Å². The molecule has 0 fully saturated rings. The third kappa shape index (κ3) is 3.45. The lowest BCUT2D eigenvalue weighted by atomic mass is 10.2. The average Bonchev–Trinajstić information content (AvgIpc) is 2.59. The molecule has 0 N–H and O–H groups in total. The van der Waals surface area contributed by atoms with Crippen molar-refractivity contribution in [3.8, 4) is 0 Å². The molecule has 0 atom stereocenters. The molecule has 3 aromatic carbocycles. The molecule has 0 heterocycles. The van der Waals surface area contributed by atoms with Crippen molar-refractivity contribution >= 4 is 26.8 Å². The van der Waals surface area contributed by atoms with E-state index in [-0.39, 0.29) is 10.9 Å². The lowest BCUT2D eigenvalue weighted by Crippen LogP contribution is -2.08. The number of halogens is 1. The van der Waals surface area contributed by atoms with Gasteiger partial charge in [-0.25, -0.2) is 0 Å². The maximum Gasteiger partial charge on any atom is 0.169 e. The molecule has 22 heavy (non-hydrogen) atoms. The van der Waals surface area contributed by atoms with Crippen LogP contribution >= 0.6 is 15.9 Å². The molecule has 0 amide bonds. The second-order valence-electron chi connectivity index (χ2n) is 4.98. The van der Waals surface area contributed by atoms with Crippen LogP contribution in [0.1, 0.15) is 5.56 Å². The SMILES string of the molecule is BrCCc1ccccc1[S+](c1ccccc1)c1ccccc1. The normalized spacial score (nSPS) is 10.8. The van der Waals surface area contributed by atoms with Gasteiger partial charge in [-0.2, -0.15) is 0 Å². The highest BCUT2D eigenvalue weighted by Gasteiger charge is 2.30. The highest BCUT2D eigenvalue weighted by Crippen LogP contribution is 2.33. The number of rotatable bonds is 5. The van der Waals surface area contributed by atoms with Crippen molar-refractivity contribution in [3.63, 3.8) is 0 Å². The molecule has 0 unspecified atom stereocenters. The average molecular weight is 370 g/mol. The zero-order valence-corrected chi connectivity index (χ0v) is 14.7. The molecule has 0 aromatic heterocycles. The lowest BCUT2D eigenvalue weighted by Gasteiger charge is -2.11. The van der Waals surface area contributed by atoms with Gasteiger partial charge in [-0.3, -0.25) is 0 Å². The van der Waals surface area contributed by atoms with Gasteiger partial charge in [0.15, 0.2) is 14.7 Å². The molecule has 0 spiro atoms. The van der Waals surface area contributed by atoms with Gasteiger partial charge in [0.05, 0.1) is 10.9 Å². The van der Waals surface area contributed by atoms with Crippen LogP contribution in [-0.4, -0.2) is 5.33 Å². The van der Waals surface area contributed by atoms with Gasteiger partial charge in [-0.05, 0) is 36.8 Å². The quantitative estimate of drug-likeness (QED) is 0.398. The van der Waals surface area contributed by atoms with Crippen molar-refractivity contribution in [2.75, 3.05) is 5.33 Å². The zero-order chi connectivity index (χ0) is 15.2. The molecule has 0 bridgehead atoms. The van der Waals surface area contributed by atoms with E-state index in [1.807, 2.05) is 0 Å². The summed E-state index contributed by atoms with van der Waals surface area (Å²) in [5.74, 6) is 0. The van der Waals surface area contributed by atoms with Crippen molar-refractivity contribution in [3.05, 3.63) is 90.5 Å². The fraction of sp³-hybridized carbons (Fsp3) is 0.100. The predicted molar refractivity (Wildman–Crippen MR) is 99.0 cm³/mol. The van der Waals surface area contributed by atoms with Crippen LogP contribution in [0.3, 0.4) is 0 Å². The summed E-state index contributed by atoms with van der Waals surface area (Å²) in [5, 5.41) is 0.991. The Hall–Kier alpha value is -1.51. The molecule has 3 rings (SSSR count). The van der Waals surface area contributed by atoms with E-state index in [1.54, 1.807) is 0 Å². The van der Waals surface area contributed by atoms with Gasteiger partial charge in [-0.1, -0.05) is 70.5 Å². The fourth-order valence-corrected chi connectivity index (χ4v) is 5.23. The Labute approximate surface area is 143 Å². The number of alkyl halides is 1. The molecule has 0 aliphatic rings.